The third-order valence-corrected chi connectivity index (χ3v) is 4.56. The fourth-order valence-corrected chi connectivity index (χ4v) is 3.06. The minimum Gasteiger partial charge on any atom is -0.503 e. The minimum atomic E-state index is -0.567. The summed E-state index contributed by atoms with van der Waals surface area (Å²) < 4.78 is 0. The lowest BCUT2D eigenvalue weighted by Crippen LogP contribution is -2.07. The molecule has 0 saturated carbocycles. The number of hydrazone groups is 1. The summed E-state index contributed by atoms with van der Waals surface area (Å²) in [5.41, 5.74) is 7.18. The topological polar surface area (TPSA) is 132 Å². The number of benzene rings is 2. The molecule has 0 unspecified atom stereocenters. The predicted octanol–water partition coefficient (Wildman–Crippen LogP) is 2.77. The van der Waals surface area contributed by atoms with Gasteiger partial charge in [-0.1, -0.05) is 55.1 Å². The summed E-state index contributed by atoms with van der Waals surface area (Å²) >= 11 is 0. The summed E-state index contributed by atoms with van der Waals surface area (Å²) in [5.74, 6) is 0.117. The Morgan fingerprint density at radius 3 is 2.33 bits per heavy atom. The molecule has 2 aromatic heterocycles. The number of H-pyrrole nitrogens is 2. The second-order valence-corrected chi connectivity index (χ2v) is 6.41. The maximum atomic E-state index is 12.1. The molecule has 2 heterocycles. The van der Waals surface area contributed by atoms with Gasteiger partial charge in [0.15, 0.2) is 5.75 Å². The normalized spacial score (nSPS) is 10.5. The molecule has 4 N–H and O–H groups in total. The van der Waals surface area contributed by atoms with E-state index in [4.69, 9.17) is 0 Å². The molecule has 4 rings (SSSR count). The molecule has 0 spiro atoms. The molecule has 0 fully saturated rings. The predicted molar refractivity (Wildman–Crippen MR) is 114 cm³/mol. The Bertz CT molecular complexity index is 1260. The van der Waals surface area contributed by atoms with E-state index in [0.717, 1.165) is 22.3 Å². The summed E-state index contributed by atoms with van der Waals surface area (Å²) in [6.45, 7) is 7.26. The van der Waals surface area contributed by atoms with E-state index in [1.807, 2.05) is 48.5 Å². The van der Waals surface area contributed by atoms with Gasteiger partial charge >= 0.3 is 0 Å². The molecule has 0 bridgehead atoms. The van der Waals surface area contributed by atoms with Crippen LogP contribution in [0.1, 0.15) is 5.56 Å². The zero-order valence-electron chi connectivity index (χ0n) is 15.8. The van der Waals surface area contributed by atoms with Crippen molar-refractivity contribution in [1.29, 1.82) is 0 Å². The monoisotopic (exact) mass is 399 g/mol. The number of hydrogen-bond donors (Lipinski definition) is 4. The van der Waals surface area contributed by atoms with Crippen molar-refractivity contribution in [3.05, 3.63) is 77.1 Å². The van der Waals surface area contributed by atoms with Crippen LogP contribution in [0.2, 0.25) is 0 Å². The molecule has 4 aromatic rings. The smallest absolute Gasteiger partial charge is 0.290 e. The molecule has 9 heteroatoms. The second-order valence-electron chi connectivity index (χ2n) is 6.41. The molecule has 0 aliphatic rings. The van der Waals surface area contributed by atoms with Crippen LogP contribution in [0.3, 0.4) is 0 Å². The Hall–Kier alpha value is -4.53. The van der Waals surface area contributed by atoms with Crippen LogP contribution in [-0.2, 0) is 0 Å². The van der Waals surface area contributed by atoms with Crippen LogP contribution >= 0.6 is 0 Å². The van der Waals surface area contributed by atoms with Crippen LogP contribution in [-0.4, -0.2) is 37.4 Å². The summed E-state index contributed by atoms with van der Waals surface area (Å²) in [4.78, 5) is 14.9. The first-order chi connectivity index (χ1) is 14.6. The highest BCUT2D eigenvalue weighted by atomic mass is 16.3. The summed E-state index contributed by atoms with van der Waals surface area (Å²) in [7, 11) is 0. The van der Waals surface area contributed by atoms with Crippen molar-refractivity contribution < 1.29 is 5.11 Å². The van der Waals surface area contributed by atoms with E-state index < -0.39 is 5.56 Å². The van der Waals surface area contributed by atoms with Crippen LogP contribution in [0.4, 0.5) is 0 Å². The van der Waals surface area contributed by atoms with Crippen molar-refractivity contribution in [2.24, 2.45) is 5.10 Å². The van der Waals surface area contributed by atoms with Gasteiger partial charge in [-0.25, -0.2) is 0 Å². The van der Waals surface area contributed by atoms with Crippen molar-refractivity contribution in [2.75, 3.05) is 0 Å². The molecule has 0 aliphatic heterocycles. The van der Waals surface area contributed by atoms with Gasteiger partial charge in [-0.15, -0.1) is 10.2 Å². The molecule has 0 atom stereocenters. The highest BCUT2D eigenvalue weighted by molar-refractivity contribution is 5.82. The maximum Gasteiger partial charge on any atom is 0.290 e. The van der Waals surface area contributed by atoms with E-state index in [1.165, 1.54) is 6.07 Å². The number of pyridine rings is 1. The fourth-order valence-electron chi connectivity index (χ4n) is 3.06. The zero-order valence-corrected chi connectivity index (χ0v) is 15.8. The maximum absolute atomic E-state index is 12.1. The van der Waals surface area contributed by atoms with Crippen LogP contribution in [0, 0.1) is 0 Å². The number of aromatic hydroxyl groups is 1. The number of aromatic nitrogens is 5. The standard InChI is InChI=1S/C21H17N7O2/c1-12(24-22-2)13-3-7-15(8-4-13)19-17(11-18(29)21(30)23-19)14-5-9-16(10-6-14)20-25-27-28-26-20/h3-11,24,29H,1-2H2,(H,23,30)(H,25,26,27,28). The highest BCUT2D eigenvalue weighted by Crippen LogP contribution is 2.32. The molecule has 0 amide bonds. The zero-order chi connectivity index (χ0) is 21.1. The highest BCUT2D eigenvalue weighted by Gasteiger charge is 2.13. The van der Waals surface area contributed by atoms with Crippen LogP contribution in [0.15, 0.2) is 71.1 Å². The molecule has 148 valence electrons. The third-order valence-electron chi connectivity index (χ3n) is 4.56. The second kappa shape index (κ2) is 7.84. The summed E-state index contributed by atoms with van der Waals surface area (Å²) in [5, 5.41) is 27.5. The van der Waals surface area contributed by atoms with Gasteiger partial charge in [0.25, 0.3) is 5.56 Å². The summed E-state index contributed by atoms with van der Waals surface area (Å²) in [6, 6.07) is 16.3. The van der Waals surface area contributed by atoms with E-state index in [0.29, 0.717) is 22.8 Å². The quantitative estimate of drug-likeness (QED) is 0.291. The Morgan fingerprint density at radius 2 is 1.70 bits per heavy atom. The molecule has 9 nitrogen and oxygen atoms in total. The van der Waals surface area contributed by atoms with Crippen molar-refractivity contribution >= 4 is 12.4 Å². The van der Waals surface area contributed by atoms with Crippen molar-refractivity contribution in [2.45, 2.75) is 0 Å². The number of nitrogens with one attached hydrogen (secondary N) is 3. The van der Waals surface area contributed by atoms with Crippen molar-refractivity contribution in [3.63, 3.8) is 0 Å². The van der Waals surface area contributed by atoms with Gasteiger partial charge in [0.05, 0.1) is 11.4 Å². The van der Waals surface area contributed by atoms with E-state index in [2.05, 4.69) is 49.4 Å². The number of rotatable bonds is 6. The van der Waals surface area contributed by atoms with Gasteiger partial charge in [-0.3, -0.25) is 10.2 Å². The Labute approximate surface area is 170 Å². The first-order valence-corrected chi connectivity index (χ1v) is 8.89. The molecule has 2 aromatic carbocycles. The first-order valence-electron chi connectivity index (χ1n) is 8.89. The average Bonchev–Trinajstić information content (AvgIpc) is 3.31. The lowest BCUT2D eigenvalue weighted by molar-refractivity contribution is 0.467. The van der Waals surface area contributed by atoms with Crippen molar-refractivity contribution in [3.8, 4) is 39.5 Å². The molecule has 30 heavy (non-hydrogen) atoms. The number of tetrazole rings is 1. The molecule has 0 aliphatic carbocycles. The van der Waals surface area contributed by atoms with E-state index in [9.17, 15) is 9.90 Å². The molecular weight excluding hydrogens is 382 g/mol. The van der Waals surface area contributed by atoms with Gasteiger partial charge in [0.2, 0.25) is 5.82 Å². The number of hydrogen-bond acceptors (Lipinski definition) is 7. The van der Waals surface area contributed by atoms with E-state index in [-0.39, 0.29) is 5.75 Å². The van der Waals surface area contributed by atoms with Gasteiger partial charge in [0.1, 0.15) is 0 Å². The largest absolute Gasteiger partial charge is 0.503 e. The number of nitrogens with zero attached hydrogens (tertiary/aromatic N) is 4. The molecule has 0 saturated heterocycles. The Balaban J connectivity index is 1.76. The minimum absolute atomic E-state index is 0.359. The first kappa shape index (κ1) is 18.8. The lowest BCUT2D eigenvalue weighted by atomic mass is 9.97. The Morgan fingerprint density at radius 1 is 1.03 bits per heavy atom. The van der Waals surface area contributed by atoms with E-state index in [1.54, 1.807) is 0 Å². The fraction of sp³-hybridized carbons (Fsp3) is 0. The van der Waals surface area contributed by atoms with Crippen molar-refractivity contribution in [1.82, 2.24) is 31.0 Å². The lowest BCUT2D eigenvalue weighted by Gasteiger charge is -2.12. The SMILES string of the molecule is C=NNC(=C)c1ccc(-c2[nH]c(=O)c(O)cc2-c2ccc(-c3nn[nH]n3)cc2)cc1. The molecule has 0 radical (unpaired) electrons. The van der Waals surface area contributed by atoms with Crippen LogP contribution in [0.5, 0.6) is 5.75 Å². The third kappa shape index (κ3) is 3.59. The van der Waals surface area contributed by atoms with Gasteiger partial charge in [-0.2, -0.15) is 10.3 Å². The van der Waals surface area contributed by atoms with Gasteiger partial charge in [-0.05, 0) is 28.0 Å². The average molecular weight is 399 g/mol. The molecular formula is C21H17N7O2. The van der Waals surface area contributed by atoms with E-state index >= 15 is 0 Å². The summed E-state index contributed by atoms with van der Waals surface area (Å²) in [6.07, 6.45) is 0. The van der Waals surface area contributed by atoms with Gasteiger partial charge in [0, 0.05) is 17.8 Å². The number of aromatic amines is 2. The van der Waals surface area contributed by atoms with Crippen LogP contribution < -0.4 is 11.0 Å². The Kier molecular flexibility index (Phi) is 4.92. The van der Waals surface area contributed by atoms with Gasteiger partial charge < -0.3 is 10.1 Å². The van der Waals surface area contributed by atoms with Crippen LogP contribution in [0.25, 0.3) is 39.5 Å².